The van der Waals surface area contributed by atoms with Crippen LogP contribution in [0.15, 0.2) is 24.3 Å². The molecule has 0 bridgehead atoms. The van der Waals surface area contributed by atoms with E-state index in [1.54, 1.807) is 11.8 Å². The SMILES string of the molecule is CCCCNC(=O)[C@H](C)C[C@H](O)[C@@H](N)CC(C)(C)CC(=O)N1CC(OC(C)=O)Cc2ccccc21. The molecule has 1 unspecified atom stereocenters. The Kier molecular flexibility index (Phi) is 10.7. The van der Waals surface area contributed by atoms with E-state index < -0.39 is 17.6 Å². The van der Waals surface area contributed by atoms with Gasteiger partial charge < -0.3 is 25.8 Å². The van der Waals surface area contributed by atoms with E-state index in [1.165, 1.54) is 6.92 Å². The molecule has 0 fully saturated rings. The largest absolute Gasteiger partial charge is 0.460 e. The summed E-state index contributed by atoms with van der Waals surface area (Å²) in [6.45, 7) is 10.1. The first-order valence-electron chi connectivity index (χ1n) is 12.7. The van der Waals surface area contributed by atoms with Crippen molar-refractivity contribution < 1.29 is 24.2 Å². The number of esters is 1. The fourth-order valence-electron chi connectivity index (χ4n) is 4.67. The number of nitrogens with zero attached hydrogens (tertiary/aromatic N) is 1. The zero-order valence-corrected chi connectivity index (χ0v) is 21.9. The summed E-state index contributed by atoms with van der Waals surface area (Å²) in [5.41, 5.74) is 7.64. The zero-order chi connectivity index (χ0) is 26.2. The molecule has 1 aliphatic heterocycles. The Bertz CT molecular complexity index is 872. The lowest BCUT2D eigenvalue weighted by atomic mass is 9.79. The van der Waals surface area contributed by atoms with Crippen molar-refractivity contribution in [2.24, 2.45) is 17.1 Å². The van der Waals surface area contributed by atoms with E-state index in [4.69, 9.17) is 10.5 Å². The molecule has 0 aromatic heterocycles. The molecule has 0 radical (unpaired) electrons. The van der Waals surface area contributed by atoms with E-state index in [0.29, 0.717) is 25.9 Å². The van der Waals surface area contributed by atoms with E-state index in [-0.39, 0.29) is 42.6 Å². The third-order valence-corrected chi connectivity index (χ3v) is 6.53. The van der Waals surface area contributed by atoms with Crippen LogP contribution in [0.5, 0.6) is 0 Å². The highest BCUT2D eigenvalue weighted by atomic mass is 16.5. The van der Waals surface area contributed by atoms with Crippen LogP contribution in [0.2, 0.25) is 0 Å². The summed E-state index contributed by atoms with van der Waals surface area (Å²) in [4.78, 5) is 38.8. The first kappa shape index (κ1) is 28.8. The highest BCUT2D eigenvalue weighted by Crippen LogP contribution is 2.33. The molecule has 196 valence electrons. The summed E-state index contributed by atoms with van der Waals surface area (Å²) in [5, 5.41) is 13.5. The minimum absolute atomic E-state index is 0.0785. The number of hydrogen-bond acceptors (Lipinski definition) is 6. The molecule has 0 saturated heterocycles. The summed E-state index contributed by atoms with van der Waals surface area (Å²) in [5.74, 6) is -0.869. The van der Waals surface area contributed by atoms with Crippen molar-refractivity contribution in [1.29, 1.82) is 0 Å². The van der Waals surface area contributed by atoms with Gasteiger partial charge in [0.05, 0.1) is 12.6 Å². The normalized spacial score (nSPS) is 18.3. The Morgan fingerprint density at radius 1 is 1.29 bits per heavy atom. The first-order valence-corrected chi connectivity index (χ1v) is 12.7. The van der Waals surface area contributed by atoms with Crippen molar-refractivity contribution in [3.8, 4) is 0 Å². The van der Waals surface area contributed by atoms with Crippen molar-refractivity contribution in [3.63, 3.8) is 0 Å². The number of amides is 2. The summed E-state index contributed by atoms with van der Waals surface area (Å²) in [6.07, 6.45) is 2.18. The smallest absolute Gasteiger partial charge is 0.302 e. The third-order valence-electron chi connectivity index (χ3n) is 6.53. The molecule has 35 heavy (non-hydrogen) atoms. The topological polar surface area (TPSA) is 122 Å². The summed E-state index contributed by atoms with van der Waals surface area (Å²) in [7, 11) is 0. The summed E-state index contributed by atoms with van der Waals surface area (Å²) < 4.78 is 5.42. The fraction of sp³-hybridized carbons (Fsp3) is 0.667. The van der Waals surface area contributed by atoms with Crippen LogP contribution < -0.4 is 16.0 Å². The van der Waals surface area contributed by atoms with Gasteiger partial charge in [0.1, 0.15) is 6.10 Å². The molecule has 1 aliphatic rings. The Morgan fingerprint density at radius 2 is 1.97 bits per heavy atom. The maximum absolute atomic E-state index is 13.4. The van der Waals surface area contributed by atoms with Crippen molar-refractivity contribution in [2.45, 2.75) is 91.4 Å². The number of fused-ring (bicyclic) bond motifs is 1. The molecule has 0 aliphatic carbocycles. The van der Waals surface area contributed by atoms with Gasteiger partial charge in [-0.05, 0) is 36.3 Å². The molecule has 4 atom stereocenters. The molecule has 1 aromatic carbocycles. The van der Waals surface area contributed by atoms with Gasteiger partial charge in [0.2, 0.25) is 11.8 Å². The molecule has 4 N–H and O–H groups in total. The molecule has 8 heteroatoms. The van der Waals surface area contributed by atoms with Crippen LogP contribution in [0.1, 0.15) is 72.3 Å². The number of hydrogen-bond donors (Lipinski definition) is 3. The van der Waals surface area contributed by atoms with Crippen LogP contribution in [0, 0.1) is 11.3 Å². The molecule has 1 aromatic rings. The maximum atomic E-state index is 13.4. The third kappa shape index (κ3) is 8.93. The Labute approximate surface area is 209 Å². The van der Waals surface area contributed by atoms with E-state index in [9.17, 15) is 19.5 Å². The van der Waals surface area contributed by atoms with Gasteiger partial charge in [0.25, 0.3) is 0 Å². The number of para-hydroxylation sites is 1. The Balaban J connectivity index is 1.98. The second-order valence-electron chi connectivity index (χ2n) is 10.6. The Morgan fingerprint density at radius 3 is 2.63 bits per heavy atom. The van der Waals surface area contributed by atoms with Gasteiger partial charge in [-0.15, -0.1) is 0 Å². The average Bonchev–Trinajstić information content (AvgIpc) is 2.77. The Hall–Kier alpha value is -2.45. The second-order valence-corrected chi connectivity index (χ2v) is 10.6. The van der Waals surface area contributed by atoms with E-state index in [1.807, 2.05) is 38.1 Å². The number of unbranched alkanes of at least 4 members (excludes halogenated alkanes) is 1. The molecule has 8 nitrogen and oxygen atoms in total. The highest BCUT2D eigenvalue weighted by Gasteiger charge is 2.35. The second kappa shape index (κ2) is 13.0. The van der Waals surface area contributed by atoms with Crippen LogP contribution in [0.4, 0.5) is 5.69 Å². The van der Waals surface area contributed by atoms with Crippen molar-refractivity contribution in [3.05, 3.63) is 29.8 Å². The average molecular weight is 490 g/mol. The number of anilines is 1. The van der Waals surface area contributed by atoms with Crippen molar-refractivity contribution >= 4 is 23.5 Å². The lowest BCUT2D eigenvalue weighted by molar-refractivity contribution is -0.146. The molecule has 1 heterocycles. The number of aliphatic hydroxyl groups is 1. The molecule has 0 spiro atoms. The number of ether oxygens (including phenoxy) is 1. The van der Waals surface area contributed by atoms with Gasteiger partial charge in [-0.1, -0.05) is 52.3 Å². The lowest BCUT2D eigenvalue weighted by Crippen LogP contribution is -2.46. The fourth-order valence-corrected chi connectivity index (χ4v) is 4.67. The van der Waals surface area contributed by atoms with E-state index >= 15 is 0 Å². The number of nitrogens with two attached hydrogens (primary N) is 1. The van der Waals surface area contributed by atoms with Crippen LogP contribution in [-0.2, 0) is 25.5 Å². The maximum Gasteiger partial charge on any atom is 0.302 e. The van der Waals surface area contributed by atoms with Crippen molar-refractivity contribution in [2.75, 3.05) is 18.0 Å². The van der Waals surface area contributed by atoms with Gasteiger partial charge in [-0.25, -0.2) is 0 Å². The highest BCUT2D eigenvalue weighted by molar-refractivity contribution is 5.95. The minimum atomic E-state index is -0.847. The first-order chi connectivity index (χ1) is 16.4. The van der Waals surface area contributed by atoms with E-state index in [0.717, 1.165) is 24.1 Å². The van der Waals surface area contributed by atoms with Crippen molar-refractivity contribution in [1.82, 2.24) is 5.32 Å². The minimum Gasteiger partial charge on any atom is -0.460 e. The number of benzene rings is 1. The molecule has 2 rings (SSSR count). The molecular formula is C27H43N3O5. The van der Waals surface area contributed by atoms with Gasteiger partial charge in [-0.2, -0.15) is 0 Å². The summed E-state index contributed by atoms with van der Waals surface area (Å²) in [6, 6.07) is 7.09. The van der Waals surface area contributed by atoms with Crippen LogP contribution in [0.3, 0.4) is 0 Å². The van der Waals surface area contributed by atoms with Crippen LogP contribution in [-0.4, -0.2) is 54.2 Å². The number of carbonyl (C=O) groups excluding carboxylic acids is 3. The molecule has 0 saturated carbocycles. The van der Waals surface area contributed by atoms with Gasteiger partial charge >= 0.3 is 5.97 Å². The molecule has 2 amide bonds. The van der Waals surface area contributed by atoms with Gasteiger partial charge in [-0.3, -0.25) is 14.4 Å². The van der Waals surface area contributed by atoms with E-state index in [2.05, 4.69) is 12.2 Å². The number of nitrogens with one attached hydrogen (secondary N) is 1. The number of carbonyl (C=O) groups is 3. The monoisotopic (exact) mass is 489 g/mol. The predicted molar refractivity (Wildman–Crippen MR) is 137 cm³/mol. The number of aliphatic hydroxyl groups excluding tert-OH is 1. The van der Waals surface area contributed by atoms with Crippen LogP contribution in [0.25, 0.3) is 0 Å². The number of rotatable bonds is 12. The molecular weight excluding hydrogens is 446 g/mol. The quantitative estimate of drug-likeness (QED) is 0.307. The predicted octanol–water partition coefficient (Wildman–Crippen LogP) is 2.94. The van der Waals surface area contributed by atoms with Gasteiger partial charge in [0.15, 0.2) is 0 Å². The zero-order valence-electron chi connectivity index (χ0n) is 21.9. The van der Waals surface area contributed by atoms with Gasteiger partial charge in [0, 0.05) is 44.0 Å². The van der Waals surface area contributed by atoms with Crippen LogP contribution >= 0.6 is 0 Å². The summed E-state index contributed by atoms with van der Waals surface area (Å²) >= 11 is 0. The standard InChI is InChI=1S/C27H43N3O5/c1-6-7-12-29-26(34)18(2)13-24(32)22(28)15-27(4,5)16-25(33)30-17-21(35-19(3)31)14-20-10-8-9-11-23(20)30/h8-11,18,21-22,24,32H,6-7,12-17,28H2,1-5H3,(H,29,34)/t18-,21?,22+,24+/m1/s1. The lowest BCUT2D eigenvalue weighted by Gasteiger charge is -2.37.